The highest BCUT2D eigenvalue weighted by atomic mass is 32.2. The number of carbonyl (C=O) groups excluding carboxylic acids is 3. The van der Waals surface area contributed by atoms with E-state index < -0.39 is 77.9 Å². The summed E-state index contributed by atoms with van der Waals surface area (Å²) in [6.45, 7) is 17.0. The first kappa shape index (κ1) is 43.5. The van der Waals surface area contributed by atoms with Gasteiger partial charge in [-0.05, 0) is 81.7 Å². The molecule has 0 aliphatic carbocycles. The van der Waals surface area contributed by atoms with Crippen LogP contribution in [-0.2, 0) is 34.4 Å². The Morgan fingerprint density at radius 3 is 1.68 bits per heavy atom. The molecule has 302 valence electrons. The summed E-state index contributed by atoms with van der Waals surface area (Å²) in [7, 11) is -3.69. The number of thioether (sulfide) groups is 1. The first-order chi connectivity index (χ1) is 26.4. The molecule has 0 saturated carbocycles. The summed E-state index contributed by atoms with van der Waals surface area (Å²) in [5.74, 6) is -1.60. The molecule has 3 aromatic carbocycles. The van der Waals surface area contributed by atoms with Crippen LogP contribution in [-0.4, -0.2) is 83.4 Å². The largest absolute Gasteiger partial charge is 0.452 e. The third-order valence-corrected chi connectivity index (χ3v) is 17.7. The molecule has 2 bridgehead atoms. The number of benzene rings is 3. The summed E-state index contributed by atoms with van der Waals surface area (Å²) < 4.78 is 48.9. The number of fused-ring (bicyclic) bond motifs is 2. The van der Waals surface area contributed by atoms with Gasteiger partial charge in [0.2, 0.25) is 0 Å². The standard InChI is InChI=1S/C43H55NO9S2Si/c1-42(2,3)55(48)44-33-26-18-19-29(27-49-56(7,8)43(4,5)6)28-54-41-37(52-40(47)32-24-16-11-17-25-32)36(51-39(46)31-22-14-10-15-23-31)35(34(33)53-41)50-38(45)30-20-12-9-13-21-30/h9-25,29,33-37,41,44H,26-28H2,1-8H3/b19-18-/t29-,33+,34+,35-,36-,37+,41+,55+/m0/s1. The van der Waals surface area contributed by atoms with Gasteiger partial charge < -0.3 is 23.4 Å². The molecule has 0 aromatic heterocycles. The van der Waals surface area contributed by atoms with E-state index in [2.05, 4.69) is 44.7 Å². The van der Waals surface area contributed by atoms with E-state index in [1.807, 2.05) is 26.8 Å². The third-order valence-electron chi connectivity index (χ3n) is 10.2. The van der Waals surface area contributed by atoms with Crippen molar-refractivity contribution in [1.82, 2.24) is 4.72 Å². The first-order valence-corrected chi connectivity index (χ1v) is 24.1. The predicted octanol–water partition coefficient (Wildman–Crippen LogP) is 8.14. The third kappa shape index (κ3) is 11.3. The van der Waals surface area contributed by atoms with E-state index >= 15 is 0 Å². The molecule has 10 nitrogen and oxygen atoms in total. The van der Waals surface area contributed by atoms with Gasteiger partial charge in [-0.25, -0.2) is 23.3 Å². The minimum Gasteiger partial charge on any atom is -0.452 e. The van der Waals surface area contributed by atoms with Gasteiger partial charge in [0, 0.05) is 18.3 Å². The number of hydrogen-bond acceptors (Lipinski definition) is 10. The molecule has 13 heteroatoms. The van der Waals surface area contributed by atoms with E-state index in [9.17, 15) is 18.6 Å². The van der Waals surface area contributed by atoms with Crippen molar-refractivity contribution in [2.75, 3.05) is 12.4 Å². The van der Waals surface area contributed by atoms with Crippen molar-refractivity contribution >= 4 is 49.0 Å². The molecule has 0 spiro atoms. The van der Waals surface area contributed by atoms with E-state index in [1.54, 1.807) is 91.0 Å². The Morgan fingerprint density at radius 2 is 1.21 bits per heavy atom. The Hall–Kier alpha value is -3.59. The van der Waals surface area contributed by atoms with Crippen LogP contribution < -0.4 is 4.72 Å². The average Bonchev–Trinajstić information content (AvgIpc) is 3.16. The van der Waals surface area contributed by atoms with E-state index in [4.69, 9.17) is 23.4 Å². The van der Waals surface area contributed by atoms with Gasteiger partial charge in [-0.3, -0.25) is 0 Å². The molecule has 3 aromatic rings. The number of rotatable bonds is 11. The van der Waals surface area contributed by atoms with Crippen LogP contribution in [0, 0.1) is 5.92 Å². The van der Waals surface area contributed by atoms with Crippen LogP contribution in [0.3, 0.4) is 0 Å². The van der Waals surface area contributed by atoms with Gasteiger partial charge in [-0.2, -0.15) is 0 Å². The summed E-state index contributed by atoms with van der Waals surface area (Å²) in [6, 6.07) is 24.7. The number of nitrogens with one attached hydrogen (secondary N) is 1. The summed E-state index contributed by atoms with van der Waals surface area (Å²) in [5, 5.41) is 0.00433. The predicted molar refractivity (Wildman–Crippen MR) is 223 cm³/mol. The molecule has 0 radical (unpaired) electrons. The van der Waals surface area contributed by atoms with Crippen LogP contribution in [0.5, 0.6) is 0 Å². The van der Waals surface area contributed by atoms with Gasteiger partial charge >= 0.3 is 17.9 Å². The van der Waals surface area contributed by atoms with Gasteiger partial charge in [0.25, 0.3) is 0 Å². The molecule has 1 saturated heterocycles. The lowest BCUT2D eigenvalue weighted by atomic mass is 9.92. The molecule has 0 amide bonds. The molecule has 2 aliphatic rings. The summed E-state index contributed by atoms with van der Waals surface area (Å²) in [5.41, 5.74) is -0.0881. The fraction of sp³-hybridized carbons (Fsp3) is 0.465. The second-order valence-corrected chi connectivity index (χ2v) is 24.5. The van der Waals surface area contributed by atoms with Crippen molar-refractivity contribution in [1.29, 1.82) is 0 Å². The van der Waals surface area contributed by atoms with Crippen molar-refractivity contribution in [2.45, 2.75) is 107 Å². The summed E-state index contributed by atoms with van der Waals surface area (Å²) >= 11 is 1.41. The van der Waals surface area contributed by atoms with Crippen LogP contribution in [0.2, 0.25) is 18.1 Å². The molecule has 5 rings (SSSR count). The lowest BCUT2D eigenvalue weighted by Gasteiger charge is -2.47. The zero-order valence-electron chi connectivity index (χ0n) is 33.5. The molecular formula is C43H55NO9S2Si. The molecule has 2 aliphatic heterocycles. The Bertz CT molecular complexity index is 1830. The minimum absolute atomic E-state index is 0.00433. The Balaban J connectivity index is 1.62. The fourth-order valence-corrected chi connectivity index (χ4v) is 9.05. The molecule has 1 fully saturated rings. The highest BCUT2D eigenvalue weighted by molar-refractivity contribution is 7.99. The maximum atomic E-state index is 14.0. The van der Waals surface area contributed by atoms with E-state index in [1.165, 1.54) is 11.8 Å². The molecule has 56 heavy (non-hydrogen) atoms. The second-order valence-electron chi connectivity index (χ2n) is 16.6. The smallest absolute Gasteiger partial charge is 0.338 e. The van der Waals surface area contributed by atoms with Crippen LogP contribution >= 0.6 is 11.8 Å². The van der Waals surface area contributed by atoms with Gasteiger partial charge in [0.1, 0.15) is 11.5 Å². The van der Waals surface area contributed by atoms with Crippen LogP contribution in [0.25, 0.3) is 0 Å². The molecule has 8 atom stereocenters. The van der Waals surface area contributed by atoms with Gasteiger partial charge in [-0.1, -0.05) is 87.5 Å². The zero-order valence-corrected chi connectivity index (χ0v) is 36.1. The Morgan fingerprint density at radius 1 is 0.750 bits per heavy atom. The van der Waals surface area contributed by atoms with Crippen molar-refractivity contribution in [3.05, 3.63) is 120 Å². The van der Waals surface area contributed by atoms with Gasteiger partial charge in [0.05, 0.1) is 38.5 Å². The van der Waals surface area contributed by atoms with Crippen molar-refractivity contribution in [3.63, 3.8) is 0 Å². The topological polar surface area (TPSA) is 126 Å². The number of hydrogen-bond donors (Lipinski definition) is 1. The highest BCUT2D eigenvalue weighted by Crippen LogP contribution is 2.40. The van der Waals surface area contributed by atoms with Crippen LogP contribution in [0.1, 0.15) is 79.0 Å². The molecule has 2 heterocycles. The van der Waals surface area contributed by atoms with E-state index in [0.717, 1.165) is 0 Å². The highest BCUT2D eigenvalue weighted by Gasteiger charge is 2.55. The lowest BCUT2D eigenvalue weighted by molar-refractivity contribution is -0.205. The molecular weight excluding hydrogens is 767 g/mol. The minimum atomic E-state index is -2.11. The quantitative estimate of drug-likeness (QED) is 0.0877. The maximum Gasteiger partial charge on any atom is 0.338 e. The second kappa shape index (κ2) is 18.8. The van der Waals surface area contributed by atoms with E-state index in [0.29, 0.717) is 18.8 Å². The first-order valence-electron chi connectivity index (χ1n) is 19.0. The summed E-state index contributed by atoms with van der Waals surface area (Å²) in [6.07, 6.45) is -0.422. The van der Waals surface area contributed by atoms with Gasteiger partial charge in [0.15, 0.2) is 26.6 Å². The molecule has 0 unspecified atom stereocenters. The molecule has 1 N–H and O–H groups in total. The number of ether oxygens (including phenoxy) is 4. The SMILES string of the molecule is CC(C)(C)[S@@](=O)N[C@@H]1C/C=C\[C@@H](CO[Si](C)(C)C(C)(C)C)CS[C@H]2O[C@H]1[C@H](OC(=O)c1ccccc1)[C@H](OC(=O)c1ccccc1)[C@H]2OC(=O)c1ccccc1. The van der Waals surface area contributed by atoms with Crippen molar-refractivity contribution in [3.8, 4) is 0 Å². The zero-order chi connectivity index (χ0) is 40.7. The van der Waals surface area contributed by atoms with Gasteiger partial charge in [-0.15, -0.1) is 11.8 Å². The Labute approximate surface area is 339 Å². The number of esters is 3. The van der Waals surface area contributed by atoms with E-state index in [-0.39, 0.29) is 27.6 Å². The fourth-order valence-electron chi connectivity index (χ4n) is 5.88. The monoisotopic (exact) mass is 821 g/mol. The Kier molecular flexibility index (Phi) is 14.6. The number of carbonyl (C=O) groups is 3. The normalized spacial score (nSPS) is 25.6. The maximum absolute atomic E-state index is 14.0. The lowest BCUT2D eigenvalue weighted by Crippen LogP contribution is -2.65. The van der Waals surface area contributed by atoms with Crippen LogP contribution in [0.4, 0.5) is 0 Å². The van der Waals surface area contributed by atoms with Crippen molar-refractivity contribution < 1.29 is 42.0 Å². The summed E-state index contributed by atoms with van der Waals surface area (Å²) in [4.78, 5) is 41.8. The average molecular weight is 822 g/mol. The van der Waals surface area contributed by atoms with Crippen LogP contribution in [0.15, 0.2) is 103 Å². The van der Waals surface area contributed by atoms with Crippen molar-refractivity contribution in [2.24, 2.45) is 5.92 Å².